The van der Waals surface area contributed by atoms with E-state index in [1.807, 2.05) is 0 Å². The summed E-state index contributed by atoms with van der Waals surface area (Å²) in [4.78, 5) is 4.08. The Morgan fingerprint density at radius 3 is 2.56 bits per heavy atom. The third-order valence-corrected chi connectivity index (χ3v) is 2.42. The van der Waals surface area contributed by atoms with E-state index in [1.54, 1.807) is 30.5 Å². The van der Waals surface area contributed by atoms with Gasteiger partial charge in [0.25, 0.3) is 0 Å². The zero-order chi connectivity index (χ0) is 11.4. The van der Waals surface area contributed by atoms with Crippen molar-refractivity contribution in [3.63, 3.8) is 0 Å². The summed E-state index contributed by atoms with van der Waals surface area (Å²) in [6.45, 7) is 0. The number of rotatable bonds is 1. The second-order valence-electron chi connectivity index (χ2n) is 3.34. The summed E-state index contributed by atoms with van der Waals surface area (Å²) in [5.41, 5.74) is 0.684. The predicted octanol–water partition coefficient (Wildman–Crippen LogP) is 3.32. The first-order valence-corrected chi connectivity index (χ1v) is 5.25. The van der Waals surface area contributed by atoms with Crippen molar-refractivity contribution in [1.82, 2.24) is 0 Å². The van der Waals surface area contributed by atoms with Gasteiger partial charge in [0.15, 0.2) is 5.90 Å². The largest absolute Gasteiger partial charge is 0.443 e. The molecule has 1 heterocycles. The van der Waals surface area contributed by atoms with Crippen molar-refractivity contribution in [1.29, 1.82) is 5.26 Å². The summed E-state index contributed by atoms with van der Waals surface area (Å²) in [5, 5.41) is 9.33. The number of benzene rings is 1. The number of hydrogen-bond donors (Lipinski definition) is 0. The number of ether oxygens (including phenoxy) is 1. The van der Waals surface area contributed by atoms with Crippen LogP contribution in [0.1, 0.15) is 12.8 Å². The molecule has 0 spiro atoms. The molecule has 0 saturated heterocycles. The van der Waals surface area contributed by atoms with Crippen molar-refractivity contribution in [3.8, 4) is 11.8 Å². The minimum atomic E-state index is 0.626. The quantitative estimate of drug-likeness (QED) is 0.746. The van der Waals surface area contributed by atoms with E-state index in [-0.39, 0.29) is 0 Å². The highest BCUT2D eigenvalue weighted by atomic mass is 35.5. The Morgan fingerprint density at radius 1 is 1.25 bits per heavy atom. The van der Waals surface area contributed by atoms with Crippen molar-refractivity contribution in [3.05, 3.63) is 41.1 Å². The monoisotopic (exact) mass is 232 g/mol. The zero-order valence-electron chi connectivity index (χ0n) is 8.48. The molecule has 2 rings (SSSR count). The molecule has 0 radical (unpaired) electrons. The van der Waals surface area contributed by atoms with Gasteiger partial charge < -0.3 is 4.74 Å². The van der Waals surface area contributed by atoms with E-state index in [2.05, 4.69) is 11.1 Å². The molecule has 1 aliphatic rings. The molecule has 0 aliphatic carbocycles. The van der Waals surface area contributed by atoms with Gasteiger partial charge in [-0.2, -0.15) is 5.26 Å². The molecular weight excluding hydrogens is 224 g/mol. The molecule has 0 bridgehead atoms. The average Bonchev–Trinajstić information content (AvgIpc) is 2.33. The predicted molar refractivity (Wildman–Crippen MR) is 62.4 cm³/mol. The van der Waals surface area contributed by atoms with Crippen LogP contribution in [-0.2, 0) is 0 Å². The van der Waals surface area contributed by atoms with Gasteiger partial charge in [0, 0.05) is 23.2 Å². The van der Waals surface area contributed by atoms with Gasteiger partial charge in [0.2, 0.25) is 0 Å². The third-order valence-electron chi connectivity index (χ3n) is 2.17. The SMILES string of the molecule is N#CC1=CN=C(Oc2ccc(Cl)cc2)CC1. The molecule has 0 fully saturated rings. The van der Waals surface area contributed by atoms with E-state index in [0.29, 0.717) is 35.1 Å². The molecule has 0 N–H and O–H groups in total. The van der Waals surface area contributed by atoms with E-state index < -0.39 is 0 Å². The molecular formula is C12H9ClN2O. The molecule has 0 unspecified atom stereocenters. The number of hydrogen-bond acceptors (Lipinski definition) is 3. The molecule has 1 aromatic carbocycles. The molecule has 0 atom stereocenters. The van der Waals surface area contributed by atoms with Crippen LogP contribution in [0.2, 0.25) is 5.02 Å². The van der Waals surface area contributed by atoms with Crippen molar-refractivity contribution < 1.29 is 4.74 Å². The fraction of sp³-hybridized carbons (Fsp3) is 0.167. The van der Waals surface area contributed by atoms with Crippen LogP contribution in [-0.4, -0.2) is 5.90 Å². The molecule has 0 aromatic heterocycles. The Kier molecular flexibility index (Phi) is 3.23. The minimum Gasteiger partial charge on any atom is -0.443 e. The summed E-state index contributed by atoms with van der Waals surface area (Å²) in [7, 11) is 0. The molecule has 16 heavy (non-hydrogen) atoms. The van der Waals surface area contributed by atoms with Gasteiger partial charge in [-0.05, 0) is 30.7 Å². The molecule has 1 aliphatic heterocycles. The number of halogens is 1. The minimum absolute atomic E-state index is 0.626. The fourth-order valence-corrected chi connectivity index (χ4v) is 1.45. The van der Waals surface area contributed by atoms with Gasteiger partial charge in [0.1, 0.15) is 5.75 Å². The second-order valence-corrected chi connectivity index (χ2v) is 3.78. The number of aliphatic imine (C=N–C) groups is 1. The van der Waals surface area contributed by atoms with Gasteiger partial charge in [-0.1, -0.05) is 11.6 Å². The number of nitrogens with zero attached hydrogens (tertiary/aromatic N) is 2. The van der Waals surface area contributed by atoms with E-state index in [9.17, 15) is 0 Å². The number of nitriles is 1. The lowest BCUT2D eigenvalue weighted by Gasteiger charge is -2.10. The number of allylic oxidation sites excluding steroid dienone is 1. The Labute approximate surface area is 98.6 Å². The zero-order valence-corrected chi connectivity index (χ0v) is 9.24. The Balaban J connectivity index is 2.07. The molecule has 80 valence electrons. The summed E-state index contributed by atoms with van der Waals surface area (Å²) in [6, 6.07) is 9.17. The van der Waals surface area contributed by atoms with Crippen LogP contribution in [0.4, 0.5) is 0 Å². The molecule has 4 heteroatoms. The smallest absolute Gasteiger partial charge is 0.195 e. The van der Waals surface area contributed by atoms with Crippen molar-refractivity contribution in [2.24, 2.45) is 4.99 Å². The Hall–Kier alpha value is -1.79. The summed E-state index contributed by atoms with van der Waals surface area (Å²) in [6.07, 6.45) is 2.89. The first-order chi connectivity index (χ1) is 7.78. The maximum absolute atomic E-state index is 8.65. The lowest BCUT2D eigenvalue weighted by Crippen LogP contribution is -2.10. The highest BCUT2D eigenvalue weighted by Gasteiger charge is 2.09. The summed E-state index contributed by atoms with van der Waals surface area (Å²) in [5.74, 6) is 1.33. The lowest BCUT2D eigenvalue weighted by molar-refractivity contribution is 0.528. The van der Waals surface area contributed by atoms with Crippen LogP contribution in [0.3, 0.4) is 0 Å². The van der Waals surface area contributed by atoms with Crippen molar-refractivity contribution in [2.75, 3.05) is 0 Å². The average molecular weight is 233 g/mol. The van der Waals surface area contributed by atoms with Crippen LogP contribution in [0.15, 0.2) is 41.0 Å². The Bertz CT molecular complexity index is 483. The molecule has 0 amide bonds. The van der Waals surface area contributed by atoms with Crippen LogP contribution >= 0.6 is 11.6 Å². The van der Waals surface area contributed by atoms with Crippen LogP contribution in [0, 0.1) is 11.3 Å². The van der Waals surface area contributed by atoms with Crippen molar-refractivity contribution in [2.45, 2.75) is 12.8 Å². The third kappa shape index (κ3) is 2.62. The van der Waals surface area contributed by atoms with Crippen molar-refractivity contribution >= 4 is 17.5 Å². The molecule has 1 aromatic rings. The van der Waals surface area contributed by atoms with Crippen LogP contribution < -0.4 is 4.74 Å². The standard InChI is InChI=1S/C12H9ClN2O/c13-10-2-4-11(5-3-10)16-12-6-1-9(7-14)8-15-12/h2-5,8H,1,6H2. The van der Waals surface area contributed by atoms with Crippen LogP contribution in [0.5, 0.6) is 5.75 Å². The summed E-state index contributed by atoms with van der Waals surface area (Å²) < 4.78 is 5.54. The molecule has 0 saturated carbocycles. The first kappa shape index (κ1) is 10.7. The summed E-state index contributed by atoms with van der Waals surface area (Å²) >= 11 is 5.76. The van der Waals surface area contributed by atoms with E-state index in [4.69, 9.17) is 21.6 Å². The lowest BCUT2D eigenvalue weighted by atomic mass is 10.1. The highest BCUT2D eigenvalue weighted by molar-refractivity contribution is 6.30. The van der Waals surface area contributed by atoms with Gasteiger partial charge in [-0.3, -0.25) is 0 Å². The van der Waals surface area contributed by atoms with Gasteiger partial charge in [0.05, 0.1) is 6.07 Å². The van der Waals surface area contributed by atoms with Crippen LogP contribution in [0.25, 0.3) is 0 Å². The maximum Gasteiger partial charge on any atom is 0.195 e. The van der Waals surface area contributed by atoms with E-state index in [0.717, 1.165) is 0 Å². The van der Waals surface area contributed by atoms with Gasteiger partial charge in [-0.15, -0.1) is 0 Å². The van der Waals surface area contributed by atoms with E-state index in [1.165, 1.54) is 0 Å². The van der Waals surface area contributed by atoms with Gasteiger partial charge in [-0.25, -0.2) is 4.99 Å². The maximum atomic E-state index is 8.65. The normalized spacial score (nSPS) is 14.8. The van der Waals surface area contributed by atoms with E-state index >= 15 is 0 Å². The highest BCUT2D eigenvalue weighted by Crippen LogP contribution is 2.18. The fourth-order valence-electron chi connectivity index (χ4n) is 1.32. The topological polar surface area (TPSA) is 45.4 Å². The first-order valence-electron chi connectivity index (χ1n) is 4.87. The Morgan fingerprint density at radius 2 is 2.00 bits per heavy atom. The molecule has 3 nitrogen and oxygen atoms in total. The second kappa shape index (κ2) is 4.82. The van der Waals surface area contributed by atoms with Gasteiger partial charge >= 0.3 is 0 Å².